The second kappa shape index (κ2) is 7.20. The number of rotatable bonds is 4. The van der Waals surface area contributed by atoms with Crippen LogP contribution in [0.2, 0.25) is 0 Å². The topological polar surface area (TPSA) is 3.24 Å². The minimum atomic E-state index is 0.889. The summed E-state index contributed by atoms with van der Waals surface area (Å²) in [5.41, 5.74) is 0. The largest absolute Gasteiger partial charge is 0.326 e. The van der Waals surface area contributed by atoms with Gasteiger partial charge in [0.15, 0.2) is 0 Å². The van der Waals surface area contributed by atoms with Crippen LogP contribution in [0, 0.1) is 6.92 Å². The third kappa shape index (κ3) is 24.8. The molecule has 0 aliphatic rings. The van der Waals surface area contributed by atoms with Gasteiger partial charge in [-0.25, -0.2) is 0 Å². The maximum absolute atomic E-state index is 3.61. The van der Waals surface area contributed by atoms with E-state index in [-0.39, 0.29) is 0 Å². The first-order valence-electron chi connectivity index (χ1n) is 5.53. The zero-order valence-corrected chi connectivity index (χ0v) is 12.2. The Morgan fingerprint density at radius 1 is 0.800 bits per heavy atom. The zero-order valence-electron chi connectivity index (χ0n) is 12.2. The fraction of sp³-hybridized carbons (Fsp3) is 0.917. The highest BCUT2D eigenvalue weighted by Crippen LogP contribution is 1.94. The Labute approximate surface area is 97.5 Å². The molecule has 0 amide bonds. The van der Waals surface area contributed by atoms with Crippen LogP contribution in [-0.4, -0.2) is 89.9 Å². The van der Waals surface area contributed by atoms with Crippen LogP contribution in [0.4, 0.5) is 0 Å². The second-order valence-corrected chi connectivity index (χ2v) is 6.33. The van der Waals surface area contributed by atoms with Crippen LogP contribution in [-0.2, 0) is 0 Å². The number of hydrogen-bond donors (Lipinski definition) is 0. The van der Waals surface area contributed by atoms with Crippen LogP contribution in [0.5, 0.6) is 0 Å². The van der Waals surface area contributed by atoms with Gasteiger partial charge in [0.25, 0.3) is 0 Å². The maximum Gasteiger partial charge on any atom is 0.128 e. The van der Waals surface area contributed by atoms with E-state index in [0.29, 0.717) is 0 Å². The quantitative estimate of drug-likeness (QED) is 0.631. The van der Waals surface area contributed by atoms with Crippen LogP contribution in [0.25, 0.3) is 0 Å². The Morgan fingerprint density at radius 2 is 1.00 bits per heavy atom. The predicted molar refractivity (Wildman–Crippen MR) is 69.7 cm³/mol. The van der Waals surface area contributed by atoms with Crippen molar-refractivity contribution < 1.29 is 8.97 Å². The molecule has 3 heteroatoms. The Kier molecular flexibility index (Phi) is 8.30. The molecule has 0 N–H and O–H groups in total. The standard InChI is InChI=1S/C8H22N2.C4H10N/c1-9(2,3)7-8-10(4,5)6;1-4-5(2)3/h7-8H2,1-6H3;1,4H2,2-3H3/q+2;. The summed E-state index contributed by atoms with van der Waals surface area (Å²) in [6.45, 7) is 6.98. The molecule has 3 nitrogen and oxygen atoms in total. The summed E-state index contributed by atoms with van der Waals surface area (Å²) in [7, 11) is 17.4. The minimum Gasteiger partial charge on any atom is -0.326 e. The molecule has 0 aliphatic heterocycles. The van der Waals surface area contributed by atoms with Gasteiger partial charge in [0.1, 0.15) is 13.1 Å². The number of quaternary nitrogens is 2. The molecule has 0 aromatic carbocycles. The number of likely N-dealkylation sites (N-methyl/N-ethyl adjacent to an activating group) is 2. The smallest absolute Gasteiger partial charge is 0.128 e. The molecule has 0 saturated carbocycles. The van der Waals surface area contributed by atoms with Gasteiger partial charge in [-0.3, -0.25) is 0 Å². The second-order valence-electron chi connectivity index (χ2n) is 6.33. The van der Waals surface area contributed by atoms with E-state index < -0.39 is 0 Å². The maximum atomic E-state index is 3.61. The summed E-state index contributed by atoms with van der Waals surface area (Å²) < 4.78 is 2.13. The van der Waals surface area contributed by atoms with Crippen LogP contribution in [0.1, 0.15) is 0 Å². The lowest BCUT2D eigenvalue weighted by Crippen LogP contribution is -2.46. The van der Waals surface area contributed by atoms with Gasteiger partial charge in [-0.2, -0.15) is 0 Å². The summed E-state index contributed by atoms with van der Waals surface area (Å²) in [6.07, 6.45) is 0. The van der Waals surface area contributed by atoms with E-state index in [0.717, 1.165) is 15.5 Å². The number of hydrogen-bond acceptors (Lipinski definition) is 1. The van der Waals surface area contributed by atoms with Gasteiger partial charge in [0.05, 0.1) is 42.3 Å². The molecular formula is C12H32N3+2. The first-order chi connectivity index (χ1) is 6.48. The fourth-order valence-corrected chi connectivity index (χ4v) is 0.600. The molecule has 0 aliphatic carbocycles. The minimum absolute atomic E-state index is 0.889. The normalized spacial score (nSPS) is 12.4. The predicted octanol–water partition coefficient (Wildman–Crippen LogP) is 0.781. The lowest BCUT2D eigenvalue weighted by molar-refractivity contribution is -0.927. The van der Waals surface area contributed by atoms with E-state index in [1.807, 2.05) is 19.0 Å². The van der Waals surface area contributed by atoms with Crippen molar-refractivity contribution in [1.82, 2.24) is 4.90 Å². The molecule has 0 spiro atoms. The van der Waals surface area contributed by atoms with Crippen molar-refractivity contribution in [3.8, 4) is 0 Å². The first-order valence-corrected chi connectivity index (χ1v) is 5.53. The first kappa shape index (κ1) is 17.3. The Hall–Kier alpha value is -0.120. The molecular weight excluding hydrogens is 186 g/mol. The van der Waals surface area contributed by atoms with Gasteiger partial charge in [-0.05, 0) is 27.6 Å². The van der Waals surface area contributed by atoms with Gasteiger partial charge >= 0.3 is 0 Å². The lowest BCUT2D eigenvalue weighted by atomic mass is 10.4. The van der Waals surface area contributed by atoms with E-state index in [1.54, 1.807) is 0 Å². The van der Waals surface area contributed by atoms with E-state index >= 15 is 0 Å². The van der Waals surface area contributed by atoms with Crippen molar-refractivity contribution in [2.45, 2.75) is 0 Å². The van der Waals surface area contributed by atoms with Gasteiger partial charge in [-0.1, -0.05) is 0 Å². The van der Waals surface area contributed by atoms with E-state index in [1.165, 1.54) is 13.1 Å². The molecule has 0 unspecified atom stereocenters. The van der Waals surface area contributed by atoms with Crippen molar-refractivity contribution in [2.24, 2.45) is 0 Å². The van der Waals surface area contributed by atoms with Gasteiger partial charge in [0.2, 0.25) is 0 Å². The van der Waals surface area contributed by atoms with Crippen LogP contribution in [0.3, 0.4) is 0 Å². The van der Waals surface area contributed by atoms with Crippen molar-refractivity contribution in [2.75, 3.05) is 76.0 Å². The van der Waals surface area contributed by atoms with Crippen LogP contribution < -0.4 is 0 Å². The van der Waals surface area contributed by atoms with Gasteiger partial charge in [0, 0.05) is 0 Å². The highest BCUT2D eigenvalue weighted by atomic mass is 15.3. The highest BCUT2D eigenvalue weighted by Gasteiger charge is 2.13. The summed E-state index contributed by atoms with van der Waals surface area (Å²) in [5.74, 6) is 0. The summed E-state index contributed by atoms with van der Waals surface area (Å²) in [6, 6.07) is 0. The fourth-order valence-electron chi connectivity index (χ4n) is 0.600. The molecule has 93 valence electrons. The Morgan fingerprint density at radius 3 is 1.07 bits per heavy atom. The molecule has 0 fully saturated rings. The molecule has 15 heavy (non-hydrogen) atoms. The SMILES string of the molecule is C[N+](C)(C)CC[N+](C)(C)C.[CH2]CN(C)C. The molecule has 0 heterocycles. The van der Waals surface area contributed by atoms with Crippen molar-refractivity contribution >= 4 is 0 Å². The average Bonchev–Trinajstić information content (AvgIpc) is 2.00. The van der Waals surface area contributed by atoms with E-state index in [2.05, 4.69) is 49.2 Å². The van der Waals surface area contributed by atoms with Gasteiger partial charge < -0.3 is 13.9 Å². The Balaban J connectivity index is 0. The Bertz CT molecular complexity index is 126. The summed E-state index contributed by atoms with van der Waals surface area (Å²) >= 11 is 0. The molecule has 0 atom stereocenters. The van der Waals surface area contributed by atoms with Crippen LogP contribution >= 0.6 is 0 Å². The molecule has 1 radical (unpaired) electrons. The third-order valence-electron chi connectivity index (χ3n) is 1.89. The summed E-state index contributed by atoms with van der Waals surface area (Å²) in [4.78, 5) is 2.01. The van der Waals surface area contributed by atoms with Crippen molar-refractivity contribution in [3.63, 3.8) is 0 Å². The highest BCUT2D eigenvalue weighted by molar-refractivity contribution is 4.39. The van der Waals surface area contributed by atoms with Crippen LogP contribution in [0.15, 0.2) is 0 Å². The monoisotopic (exact) mass is 218 g/mol. The average molecular weight is 218 g/mol. The molecule has 0 aromatic rings. The lowest BCUT2D eigenvalue weighted by Gasteiger charge is -2.30. The van der Waals surface area contributed by atoms with E-state index in [4.69, 9.17) is 0 Å². The van der Waals surface area contributed by atoms with Gasteiger partial charge in [-0.15, -0.1) is 0 Å². The molecule has 0 aromatic heterocycles. The molecule has 0 saturated heterocycles. The number of nitrogens with zero attached hydrogens (tertiary/aromatic N) is 3. The molecule has 0 bridgehead atoms. The zero-order chi connectivity index (χ0) is 12.7. The third-order valence-corrected chi connectivity index (χ3v) is 1.89. The van der Waals surface area contributed by atoms with Crippen molar-refractivity contribution in [1.29, 1.82) is 0 Å². The molecule has 0 rings (SSSR count). The van der Waals surface area contributed by atoms with Crippen molar-refractivity contribution in [3.05, 3.63) is 6.92 Å². The summed E-state index contributed by atoms with van der Waals surface area (Å²) in [5, 5.41) is 0. The van der Waals surface area contributed by atoms with E-state index in [9.17, 15) is 0 Å².